The van der Waals surface area contributed by atoms with Crippen LogP contribution >= 0.6 is 0 Å². The maximum atomic E-state index is 13.8. The molecule has 11 heteroatoms. The van der Waals surface area contributed by atoms with E-state index in [9.17, 15) is 18.0 Å². The summed E-state index contributed by atoms with van der Waals surface area (Å²) in [6, 6.07) is 0.940. The van der Waals surface area contributed by atoms with Gasteiger partial charge in [-0.1, -0.05) is 6.92 Å². The second-order valence-electron chi connectivity index (χ2n) is 8.61. The molecule has 182 valence electrons. The Morgan fingerprint density at radius 1 is 1.15 bits per heavy atom. The Balaban J connectivity index is 1.48. The number of benzene rings is 1. The smallest absolute Gasteiger partial charge is 0.224 e. The first-order valence-electron chi connectivity index (χ1n) is 11.3. The molecule has 0 radical (unpaired) electrons. The van der Waals surface area contributed by atoms with Crippen molar-refractivity contribution in [2.75, 3.05) is 32.7 Å². The molecule has 1 aliphatic carbocycles. The normalized spacial score (nSPS) is 17.8. The highest BCUT2D eigenvalue weighted by atomic mass is 19.2. The molecule has 1 saturated carbocycles. The van der Waals surface area contributed by atoms with Gasteiger partial charge >= 0.3 is 0 Å². The Bertz CT molecular complexity index is 898. The maximum Gasteiger partial charge on any atom is 0.224 e. The van der Waals surface area contributed by atoms with E-state index in [0.717, 1.165) is 31.9 Å². The molecule has 1 aromatic carbocycles. The lowest BCUT2D eigenvalue weighted by Gasteiger charge is -2.35. The van der Waals surface area contributed by atoms with Crippen molar-refractivity contribution in [3.63, 3.8) is 0 Å². The Labute approximate surface area is 191 Å². The number of nitrogens with zero attached hydrogens (tertiary/aromatic N) is 4. The van der Waals surface area contributed by atoms with E-state index in [0.29, 0.717) is 44.2 Å². The Hall–Kier alpha value is -2.82. The molecule has 1 saturated heterocycles. The molecule has 2 fully saturated rings. The molecule has 0 unspecified atom stereocenters. The zero-order chi connectivity index (χ0) is 24.1. The van der Waals surface area contributed by atoms with Crippen LogP contribution in [-0.2, 0) is 11.2 Å². The fraction of sp³-hybridized carbons (Fsp3) is 0.591. The summed E-state index contributed by atoms with van der Waals surface area (Å²) in [6.45, 7) is 4.54. The van der Waals surface area contributed by atoms with Crippen molar-refractivity contribution >= 4 is 17.8 Å². The summed E-state index contributed by atoms with van der Waals surface area (Å²) in [4.78, 5) is 22.3. The van der Waals surface area contributed by atoms with Crippen LogP contribution < -0.4 is 11.5 Å². The highest BCUT2D eigenvalue weighted by Crippen LogP contribution is 2.26. The third-order valence-electron chi connectivity index (χ3n) is 5.91. The van der Waals surface area contributed by atoms with Gasteiger partial charge in [-0.3, -0.25) is 10.2 Å². The Kier molecular flexibility index (Phi) is 8.17. The molecular weight excluding hydrogens is 435 g/mol. The van der Waals surface area contributed by atoms with Crippen molar-refractivity contribution < 1.29 is 18.0 Å². The number of guanidine groups is 2. The van der Waals surface area contributed by atoms with Crippen molar-refractivity contribution in [1.29, 1.82) is 5.41 Å². The van der Waals surface area contributed by atoms with Gasteiger partial charge < -0.3 is 26.2 Å². The molecule has 5 N–H and O–H groups in total. The molecule has 0 spiro atoms. The quantitative estimate of drug-likeness (QED) is 0.320. The van der Waals surface area contributed by atoms with Gasteiger partial charge in [0.2, 0.25) is 11.9 Å². The van der Waals surface area contributed by atoms with E-state index < -0.39 is 23.5 Å². The van der Waals surface area contributed by atoms with E-state index in [1.807, 2.05) is 4.90 Å². The van der Waals surface area contributed by atoms with Gasteiger partial charge in [0, 0.05) is 57.3 Å². The minimum Gasteiger partial charge on any atom is -0.369 e. The van der Waals surface area contributed by atoms with Gasteiger partial charge in [-0.25, -0.2) is 13.2 Å². The minimum atomic E-state index is -1.26. The maximum absolute atomic E-state index is 13.8. The number of hydrogen-bond acceptors (Lipinski definition) is 3. The number of carbonyl (C=O) groups is 1. The lowest BCUT2D eigenvalue weighted by Crippen LogP contribution is -2.51. The molecule has 33 heavy (non-hydrogen) atoms. The average molecular weight is 468 g/mol. The Morgan fingerprint density at radius 2 is 1.76 bits per heavy atom. The molecular formula is C22H32F3N7O. The zero-order valence-corrected chi connectivity index (χ0v) is 18.9. The van der Waals surface area contributed by atoms with E-state index in [-0.39, 0.29) is 30.3 Å². The molecule has 1 aromatic rings. The number of hydrogen-bond donors (Lipinski definition) is 3. The first-order valence-corrected chi connectivity index (χ1v) is 11.3. The third-order valence-corrected chi connectivity index (χ3v) is 5.91. The average Bonchev–Trinajstić information content (AvgIpc) is 3.60. The summed E-state index contributed by atoms with van der Waals surface area (Å²) in [5.41, 5.74) is 12.0. The summed E-state index contributed by atoms with van der Waals surface area (Å²) in [6.07, 6.45) is 3.01. The molecule has 8 nitrogen and oxygen atoms in total. The van der Waals surface area contributed by atoms with Crippen molar-refractivity contribution in [1.82, 2.24) is 14.7 Å². The number of halogens is 3. The predicted octanol–water partition coefficient (Wildman–Crippen LogP) is 1.63. The lowest BCUT2D eigenvalue weighted by atomic mass is 10.0. The monoisotopic (exact) mass is 467 g/mol. The molecule has 0 bridgehead atoms. The number of carbonyl (C=O) groups excluding carboxylic acids is 1. The molecule has 2 aliphatic rings. The van der Waals surface area contributed by atoms with Gasteiger partial charge in [-0.15, -0.1) is 0 Å². The highest BCUT2D eigenvalue weighted by molar-refractivity contribution is 5.93. The van der Waals surface area contributed by atoms with Gasteiger partial charge in [-0.05, 0) is 37.3 Å². The second-order valence-corrected chi connectivity index (χ2v) is 8.61. The molecule has 1 amide bonds. The van der Waals surface area contributed by atoms with Crippen LogP contribution in [-0.4, -0.2) is 77.3 Å². The molecule has 1 atom stereocenters. The molecule has 1 heterocycles. The number of amides is 1. The van der Waals surface area contributed by atoms with Crippen LogP contribution in [0.1, 0.15) is 38.2 Å². The fourth-order valence-electron chi connectivity index (χ4n) is 3.95. The molecule has 1 aliphatic heterocycles. The largest absolute Gasteiger partial charge is 0.369 e. The zero-order valence-electron chi connectivity index (χ0n) is 18.9. The van der Waals surface area contributed by atoms with Crippen LogP contribution in [0, 0.1) is 22.9 Å². The van der Waals surface area contributed by atoms with E-state index in [2.05, 4.69) is 11.9 Å². The standard InChI is InChI=1S/C22H32F3N7O/c1-2-5-32(16-3-4-16)22(28)29-21(27)31-8-6-30(7-9-31)20(33)12-15(26)10-14-11-18(24)19(25)13-17(14)23/h11,13,15-16H,2-10,12,26H2,1H3,(H3,27,28,29)/t15-/m1/s1. The number of nitrogens with one attached hydrogen (secondary N) is 1. The molecule has 3 rings (SSSR count). The number of aliphatic imine (C=N–C) groups is 1. The van der Waals surface area contributed by atoms with Gasteiger partial charge in [0.1, 0.15) is 5.82 Å². The summed E-state index contributed by atoms with van der Waals surface area (Å²) >= 11 is 0. The minimum absolute atomic E-state index is 0.0473. The van der Waals surface area contributed by atoms with Crippen LogP contribution in [0.5, 0.6) is 0 Å². The van der Waals surface area contributed by atoms with Crippen molar-refractivity contribution in [3.8, 4) is 0 Å². The summed E-state index contributed by atoms with van der Waals surface area (Å²) in [7, 11) is 0. The van der Waals surface area contributed by atoms with Crippen LogP contribution in [0.15, 0.2) is 17.1 Å². The second kappa shape index (κ2) is 10.9. The summed E-state index contributed by atoms with van der Waals surface area (Å²) in [5, 5.41) is 8.28. The van der Waals surface area contributed by atoms with Crippen molar-refractivity contribution in [2.45, 2.75) is 51.1 Å². The van der Waals surface area contributed by atoms with Gasteiger partial charge in [0.15, 0.2) is 17.6 Å². The Morgan fingerprint density at radius 3 is 2.36 bits per heavy atom. The van der Waals surface area contributed by atoms with E-state index in [1.54, 1.807) is 9.80 Å². The molecule has 0 aromatic heterocycles. The van der Waals surface area contributed by atoms with Gasteiger partial charge in [0.25, 0.3) is 0 Å². The van der Waals surface area contributed by atoms with Crippen LogP contribution in [0.4, 0.5) is 13.2 Å². The summed E-state index contributed by atoms with van der Waals surface area (Å²) in [5.74, 6) is -3.07. The van der Waals surface area contributed by atoms with Crippen molar-refractivity contribution in [2.24, 2.45) is 16.5 Å². The number of rotatable bonds is 7. The van der Waals surface area contributed by atoms with Gasteiger partial charge in [-0.2, -0.15) is 4.99 Å². The topological polar surface area (TPSA) is 115 Å². The first-order chi connectivity index (χ1) is 15.7. The number of piperazine rings is 1. The number of nitrogens with two attached hydrogens (primary N) is 2. The fourth-order valence-corrected chi connectivity index (χ4v) is 3.95. The van der Waals surface area contributed by atoms with E-state index >= 15 is 0 Å². The lowest BCUT2D eigenvalue weighted by molar-refractivity contribution is -0.132. The summed E-state index contributed by atoms with van der Waals surface area (Å²) < 4.78 is 40.3. The highest BCUT2D eigenvalue weighted by Gasteiger charge is 2.30. The third kappa shape index (κ3) is 6.59. The SMILES string of the molecule is CCCN(/C(N)=N/C(=N)N1CCN(C(=O)C[C@H](N)Cc2cc(F)c(F)cc2F)CC1)C1CC1. The predicted molar refractivity (Wildman–Crippen MR) is 120 cm³/mol. The van der Waals surface area contributed by atoms with Crippen LogP contribution in [0.2, 0.25) is 0 Å². The van der Waals surface area contributed by atoms with Crippen molar-refractivity contribution in [3.05, 3.63) is 35.1 Å². The van der Waals surface area contributed by atoms with Crippen LogP contribution in [0.25, 0.3) is 0 Å². The van der Waals surface area contributed by atoms with Crippen LogP contribution in [0.3, 0.4) is 0 Å². The van der Waals surface area contributed by atoms with E-state index in [4.69, 9.17) is 16.9 Å². The van der Waals surface area contributed by atoms with E-state index in [1.165, 1.54) is 0 Å². The van der Waals surface area contributed by atoms with Gasteiger partial charge in [0.05, 0.1) is 0 Å². The first kappa shape index (κ1) is 24.8.